The predicted molar refractivity (Wildman–Crippen MR) is 97.6 cm³/mol. The Morgan fingerprint density at radius 1 is 1.21 bits per heavy atom. The van der Waals surface area contributed by atoms with Crippen LogP contribution in [0.15, 0.2) is 24.3 Å². The van der Waals surface area contributed by atoms with E-state index in [0.29, 0.717) is 16.8 Å². The summed E-state index contributed by atoms with van der Waals surface area (Å²) in [6.07, 6.45) is -4.49. The van der Waals surface area contributed by atoms with Crippen molar-refractivity contribution in [2.75, 3.05) is 0 Å². The van der Waals surface area contributed by atoms with E-state index < -0.39 is 17.8 Å². The highest BCUT2D eigenvalue weighted by molar-refractivity contribution is 6.04. The molecule has 2 aromatic heterocycles. The minimum absolute atomic E-state index is 0.0282. The highest BCUT2D eigenvalue weighted by Crippen LogP contribution is 2.31. The van der Waals surface area contributed by atoms with Crippen molar-refractivity contribution in [2.24, 2.45) is 0 Å². The molecule has 7 nitrogen and oxygen atoms in total. The first-order chi connectivity index (χ1) is 13.5. The van der Waals surface area contributed by atoms with E-state index in [0.717, 1.165) is 16.9 Å². The molecule has 0 radical (unpaired) electrons. The van der Waals surface area contributed by atoms with E-state index in [4.69, 9.17) is 0 Å². The van der Waals surface area contributed by atoms with Gasteiger partial charge in [-0.15, -0.1) is 10.2 Å². The molecule has 0 aliphatic carbocycles. The number of ketones is 2. The summed E-state index contributed by atoms with van der Waals surface area (Å²) in [5, 5.41) is 11.7. The fourth-order valence-corrected chi connectivity index (χ4v) is 3.18. The van der Waals surface area contributed by atoms with Gasteiger partial charge in [0.2, 0.25) is 11.6 Å². The number of nitrogens with zero attached hydrogens (tertiary/aromatic N) is 4. The van der Waals surface area contributed by atoms with Gasteiger partial charge in [0, 0.05) is 16.8 Å². The third kappa shape index (κ3) is 3.82. The minimum Gasteiger partial charge on any atom is -0.355 e. The third-order valence-corrected chi connectivity index (χ3v) is 4.64. The molecule has 0 spiro atoms. The summed E-state index contributed by atoms with van der Waals surface area (Å²) in [6.45, 7) is 6.33. The SMILES string of the molecule is CC(=O)c1c(C)[nH]c(C(=O)C(C)n2nnc(-c3cccc(C(F)(F)F)c3)n2)c1C. The number of aryl methyl sites for hydroxylation is 1. The first-order valence-electron chi connectivity index (χ1n) is 8.72. The van der Waals surface area contributed by atoms with Crippen LogP contribution in [0.1, 0.15) is 57.6 Å². The van der Waals surface area contributed by atoms with Crippen molar-refractivity contribution in [1.82, 2.24) is 25.2 Å². The number of aromatic nitrogens is 5. The smallest absolute Gasteiger partial charge is 0.355 e. The van der Waals surface area contributed by atoms with Crippen molar-refractivity contribution in [1.29, 1.82) is 0 Å². The fourth-order valence-electron chi connectivity index (χ4n) is 3.18. The Balaban J connectivity index is 1.90. The van der Waals surface area contributed by atoms with E-state index in [1.54, 1.807) is 20.8 Å². The van der Waals surface area contributed by atoms with Gasteiger partial charge in [0.15, 0.2) is 5.78 Å². The van der Waals surface area contributed by atoms with Crippen LogP contribution in [0.4, 0.5) is 13.2 Å². The number of halogens is 3. The van der Waals surface area contributed by atoms with Crippen molar-refractivity contribution < 1.29 is 22.8 Å². The monoisotopic (exact) mass is 405 g/mol. The molecule has 152 valence electrons. The molecule has 2 heterocycles. The van der Waals surface area contributed by atoms with Crippen LogP contribution in [0, 0.1) is 13.8 Å². The summed E-state index contributed by atoms with van der Waals surface area (Å²) in [6, 6.07) is 3.68. The number of Topliss-reactive ketones (excluding diaryl/α,β-unsaturated/α-hetero) is 2. The Bertz CT molecular complexity index is 1100. The number of carbonyl (C=O) groups is 2. The van der Waals surface area contributed by atoms with E-state index in [1.165, 1.54) is 19.1 Å². The highest BCUT2D eigenvalue weighted by Gasteiger charge is 2.31. The van der Waals surface area contributed by atoms with E-state index >= 15 is 0 Å². The van der Waals surface area contributed by atoms with Crippen LogP contribution in [0.5, 0.6) is 0 Å². The van der Waals surface area contributed by atoms with Gasteiger partial charge < -0.3 is 4.98 Å². The lowest BCUT2D eigenvalue weighted by atomic mass is 10.0. The first kappa shape index (κ1) is 20.4. The maximum absolute atomic E-state index is 12.9. The van der Waals surface area contributed by atoms with Crippen LogP contribution in [0.2, 0.25) is 0 Å². The van der Waals surface area contributed by atoms with Crippen LogP contribution in [-0.2, 0) is 6.18 Å². The van der Waals surface area contributed by atoms with Crippen LogP contribution >= 0.6 is 0 Å². The standard InChI is InChI=1S/C19H18F3N5O2/c1-9-15(12(4)28)10(2)23-16(9)17(29)11(3)27-25-18(24-26-27)13-6-5-7-14(8-13)19(20,21)22/h5-8,11,23H,1-4H3. The Morgan fingerprint density at radius 3 is 2.48 bits per heavy atom. The largest absolute Gasteiger partial charge is 0.416 e. The third-order valence-electron chi connectivity index (χ3n) is 4.64. The van der Waals surface area contributed by atoms with Gasteiger partial charge >= 0.3 is 6.18 Å². The van der Waals surface area contributed by atoms with Crippen molar-refractivity contribution in [3.63, 3.8) is 0 Å². The molecule has 29 heavy (non-hydrogen) atoms. The zero-order valence-corrected chi connectivity index (χ0v) is 16.1. The van der Waals surface area contributed by atoms with Crippen molar-refractivity contribution in [3.8, 4) is 11.4 Å². The number of H-pyrrole nitrogens is 1. The second kappa shape index (κ2) is 7.26. The topological polar surface area (TPSA) is 93.5 Å². The van der Waals surface area contributed by atoms with E-state index in [-0.39, 0.29) is 28.6 Å². The average Bonchev–Trinajstić information content (AvgIpc) is 3.24. The molecule has 1 atom stereocenters. The van der Waals surface area contributed by atoms with Gasteiger partial charge in [0.05, 0.1) is 11.3 Å². The minimum atomic E-state index is -4.49. The van der Waals surface area contributed by atoms with Gasteiger partial charge in [-0.3, -0.25) is 9.59 Å². The fraction of sp³-hybridized carbons (Fsp3) is 0.316. The Kier molecular flexibility index (Phi) is 5.12. The zero-order chi connectivity index (χ0) is 21.5. The first-order valence-corrected chi connectivity index (χ1v) is 8.72. The summed E-state index contributed by atoms with van der Waals surface area (Å²) in [5.74, 6) is -0.556. The molecule has 1 aromatic carbocycles. The van der Waals surface area contributed by atoms with Crippen LogP contribution in [-0.4, -0.2) is 36.8 Å². The summed E-state index contributed by atoms with van der Waals surface area (Å²) in [5.41, 5.74) is 1.14. The van der Waals surface area contributed by atoms with Gasteiger partial charge in [0.25, 0.3) is 0 Å². The molecule has 0 bridgehead atoms. The second-order valence-electron chi connectivity index (χ2n) is 6.73. The van der Waals surface area contributed by atoms with Crippen LogP contribution in [0.3, 0.4) is 0 Å². The van der Waals surface area contributed by atoms with E-state index in [2.05, 4.69) is 20.4 Å². The quantitative estimate of drug-likeness (QED) is 0.649. The number of tetrazole rings is 1. The zero-order valence-electron chi connectivity index (χ0n) is 16.1. The van der Waals surface area contributed by atoms with Gasteiger partial charge in [0.1, 0.15) is 6.04 Å². The predicted octanol–water partition coefficient (Wildman–Crippen LogP) is 3.95. The number of aromatic amines is 1. The second-order valence-corrected chi connectivity index (χ2v) is 6.73. The molecule has 3 aromatic rings. The van der Waals surface area contributed by atoms with Crippen molar-refractivity contribution in [2.45, 2.75) is 39.9 Å². The number of carbonyl (C=O) groups excluding carboxylic acids is 2. The van der Waals surface area contributed by atoms with Crippen molar-refractivity contribution >= 4 is 11.6 Å². The summed E-state index contributed by atoms with van der Waals surface area (Å²) < 4.78 is 38.7. The van der Waals surface area contributed by atoms with Gasteiger partial charge in [-0.1, -0.05) is 12.1 Å². The number of benzene rings is 1. The molecule has 1 unspecified atom stereocenters. The van der Waals surface area contributed by atoms with Crippen LogP contribution in [0.25, 0.3) is 11.4 Å². The molecule has 0 saturated carbocycles. The molecule has 0 aliphatic heterocycles. The normalized spacial score (nSPS) is 12.8. The van der Waals surface area contributed by atoms with E-state index in [9.17, 15) is 22.8 Å². The van der Waals surface area contributed by atoms with Gasteiger partial charge in [-0.25, -0.2) is 0 Å². The van der Waals surface area contributed by atoms with E-state index in [1.807, 2.05) is 0 Å². The van der Waals surface area contributed by atoms with Gasteiger partial charge in [-0.05, 0) is 50.6 Å². The van der Waals surface area contributed by atoms with Crippen LogP contribution < -0.4 is 0 Å². The molecule has 0 fully saturated rings. The maximum Gasteiger partial charge on any atom is 0.416 e. The molecule has 3 rings (SSSR count). The summed E-state index contributed by atoms with van der Waals surface area (Å²) in [7, 11) is 0. The lowest BCUT2D eigenvalue weighted by Crippen LogP contribution is -2.20. The molecular formula is C19H18F3N5O2. The lowest BCUT2D eigenvalue weighted by Gasteiger charge is -2.09. The van der Waals surface area contributed by atoms with Gasteiger partial charge in [-0.2, -0.15) is 18.0 Å². The summed E-state index contributed by atoms with van der Waals surface area (Å²) in [4.78, 5) is 28.6. The Morgan fingerprint density at radius 2 is 1.90 bits per heavy atom. The number of alkyl halides is 3. The highest BCUT2D eigenvalue weighted by atomic mass is 19.4. The average molecular weight is 405 g/mol. The van der Waals surface area contributed by atoms with Crippen molar-refractivity contribution in [3.05, 3.63) is 52.3 Å². The number of rotatable bonds is 5. The molecule has 0 aliphatic rings. The summed E-state index contributed by atoms with van der Waals surface area (Å²) >= 11 is 0. The molecule has 10 heteroatoms. The molecule has 0 saturated heterocycles. The Hall–Kier alpha value is -3.30. The number of hydrogen-bond acceptors (Lipinski definition) is 5. The lowest BCUT2D eigenvalue weighted by molar-refractivity contribution is -0.137. The molecule has 1 N–H and O–H groups in total. The maximum atomic E-state index is 12.9. The molecular weight excluding hydrogens is 387 g/mol. The number of hydrogen-bond donors (Lipinski definition) is 1. The Labute approximate surface area is 163 Å². The molecule has 0 amide bonds. The number of nitrogens with one attached hydrogen (secondary N) is 1.